The molecule has 9 nitrogen and oxygen atoms in total. The molecule has 1 saturated heterocycles. The zero-order valence-electron chi connectivity index (χ0n) is 11.1. The second-order valence-corrected chi connectivity index (χ2v) is 5.17. The highest BCUT2D eigenvalue weighted by Gasteiger charge is 2.70. The lowest BCUT2D eigenvalue weighted by atomic mass is 9.92. The van der Waals surface area contributed by atoms with Crippen LogP contribution in [0.3, 0.4) is 0 Å². The number of aromatic nitrogens is 4. The zero-order valence-corrected chi connectivity index (χ0v) is 11.1. The van der Waals surface area contributed by atoms with Crippen molar-refractivity contribution in [2.45, 2.75) is 24.1 Å². The number of alkyl halides is 1. The monoisotopic (exact) mass is 299 g/mol. The molecule has 1 aliphatic heterocycles. The fourth-order valence-corrected chi connectivity index (χ4v) is 2.44. The first-order valence-corrected chi connectivity index (χ1v) is 6.09. The van der Waals surface area contributed by atoms with Gasteiger partial charge in [-0.15, -0.1) is 0 Å². The molecule has 0 unspecified atom stereocenters. The van der Waals surface area contributed by atoms with Gasteiger partial charge in [0.1, 0.15) is 17.4 Å². The molecule has 5 N–H and O–H groups in total. The van der Waals surface area contributed by atoms with Crippen LogP contribution in [-0.4, -0.2) is 59.5 Å². The Bertz CT molecular complexity index is 703. The Kier molecular flexibility index (Phi) is 2.73. The van der Waals surface area contributed by atoms with Crippen molar-refractivity contribution in [3.05, 3.63) is 12.7 Å². The molecule has 0 spiro atoms. The molecule has 2 aromatic rings. The summed E-state index contributed by atoms with van der Waals surface area (Å²) < 4.78 is 21.0. The molecule has 0 saturated carbocycles. The lowest BCUT2D eigenvalue weighted by molar-refractivity contribution is -0.286. The maximum atomic E-state index is 14.8. The molecule has 21 heavy (non-hydrogen) atoms. The molecule has 3 heterocycles. The van der Waals surface area contributed by atoms with Crippen molar-refractivity contribution in [1.82, 2.24) is 19.5 Å². The number of fused-ring (bicyclic) bond motifs is 1. The summed E-state index contributed by atoms with van der Waals surface area (Å²) in [6, 6.07) is 0. The van der Waals surface area contributed by atoms with Crippen LogP contribution in [0.15, 0.2) is 12.7 Å². The van der Waals surface area contributed by atoms with Gasteiger partial charge in [-0.2, -0.15) is 0 Å². The van der Waals surface area contributed by atoms with Gasteiger partial charge < -0.3 is 25.8 Å². The summed E-state index contributed by atoms with van der Waals surface area (Å²) in [6.07, 6.45) is 2.24. The second kappa shape index (κ2) is 4.07. The highest BCUT2D eigenvalue weighted by molar-refractivity contribution is 5.81. The minimum absolute atomic E-state index is 0.0546. The van der Waals surface area contributed by atoms with Crippen LogP contribution in [0.5, 0.6) is 0 Å². The van der Waals surface area contributed by atoms with E-state index in [0.29, 0.717) is 0 Å². The predicted octanol–water partition coefficient (Wildman–Crippen LogP) is -1.51. The molecular formula is C11H14FN5O4. The lowest BCUT2D eigenvalue weighted by Crippen LogP contribution is -2.60. The number of imidazole rings is 1. The van der Waals surface area contributed by atoms with E-state index in [-0.39, 0.29) is 17.0 Å². The maximum absolute atomic E-state index is 14.8. The number of nitrogen functional groups attached to an aromatic ring is 1. The first-order valence-electron chi connectivity index (χ1n) is 6.09. The van der Waals surface area contributed by atoms with Crippen LogP contribution in [-0.2, 0) is 10.5 Å². The van der Waals surface area contributed by atoms with Crippen molar-refractivity contribution >= 4 is 17.0 Å². The van der Waals surface area contributed by atoms with E-state index in [2.05, 4.69) is 15.0 Å². The normalized spacial score (nSPS) is 36.4. The van der Waals surface area contributed by atoms with E-state index in [0.717, 1.165) is 24.1 Å². The third-order valence-electron chi connectivity index (χ3n) is 3.79. The number of hydrogen-bond donors (Lipinski definition) is 4. The fourth-order valence-electron chi connectivity index (χ4n) is 2.44. The molecule has 1 aliphatic rings. The highest BCUT2D eigenvalue weighted by Crippen LogP contribution is 2.47. The summed E-state index contributed by atoms with van der Waals surface area (Å²) in [5.74, 6) is -3.22. The van der Waals surface area contributed by atoms with Crippen molar-refractivity contribution in [3.63, 3.8) is 0 Å². The molecule has 0 aliphatic carbocycles. The lowest BCUT2D eigenvalue weighted by Gasteiger charge is -2.38. The minimum atomic E-state index is -3.28. The Morgan fingerprint density at radius 3 is 2.71 bits per heavy atom. The van der Waals surface area contributed by atoms with E-state index in [1.165, 1.54) is 0 Å². The zero-order chi connectivity index (χ0) is 15.5. The molecule has 1 fully saturated rings. The molecule has 0 aromatic carbocycles. The summed E-state index contributed by atoms with van der Waals surface area (Å²) in [4.78, 5) is 11.6. The number of anilines is 1. The van der Waals surface area contributed by atoms with Crippen LogP contribution in [0.1, 0.15) is 6.92 Å². The third kappa shape index (κ3) is 1.55. The average Bonchev–Trinajstić information content (AvgIpc) is 2.92. The number of aliphatic hydroxyl groups excluding tert-OH is 1. The standard InChI is InChI=1S/C11H14FN5O4/c1-9(19)3-21-10(2-18,11(9,12)20)17-5-16-6-7(13)14-4-15-8(6)17/h4-5,18-20H,2-3H2,1H3,(H2,13,14,15)/t9-,10-,11-/m0/s1. The van der Waals surface area contributed by atoms with E-state index in [1.54, 1.807) is 0 Å². The van der Waals surface area contributed by atoms with Crippen molar-refractivity contribution in [1.29, 1.82) is 0 Å². The number of halogens is 1. The minimum Gasteiger partial charge on any atom is -0.391 e. The van der Waals surface area contributed by atoms with Gasteiger partial charge in [0, 0.05) is 0 Å². The van der Waals surface area contributed by atoms with E-state index in [1.807, 2.05) is 0 Å². The smallest absolute Gasteiger partial charge is 0.288 e. The Morgan fingerprint density at radius 1 is 1.43 bits per heavy atom. The average molecular weight is 299 g/mol. The molecule has 0 bridgehead atoms. The van der Waals surface area contributed by atoms with Gasteiger partial charge in [0.15, 0.2) is 11.5 Å². The van der Waals surface area contributed by atoms with E-state index < -0.39 is 30.4 Å². The quantitative estimate of drug-likeness (QED) is 0.525. The van der Waals surface area contributed by atoms with Gasteiger partial charge in [-0.05, 0) is 6.92 Å². The molecule has 3 atom stereocenters. The fraction of sp³-hybridized carbons (Fsp3) is 0.545. The number of ether oxygens (including phenoxy) is 1. The van der Waals surface area contributed by atoms with Crippen molar-refractivity contribution in [2.75, 3.05) is 18.9 Å². The third-order valence-corrected chi connectivity index (χ3v) is 3.79. The van der Waals surface area contributed by atoms with Gasteiger partial charge in [-0.25, -0.2) is 19.3 Å². The Labute approximate surface area is 117 Å². The van der Waals surface area contributed by atoms with Crippen LogP contribution in [0.4, 0.5) is 10.2 Å². The number of nitrogens with two attached hydrogens (primary N) is 1. The maximum Gasteiger partial charge on any atom is 0.288 e. The molecular weight excluding hydrogens is 285 g/mol. The molecule has 114 valence electrons. The van der Waals surface area contributed by atoms with Gasteiger partial charge in [-0.3, -0.25) is 4.57 Å². The summed E-state index contributed by atoms with van der Waals surface area (Å²) in [7, 11) is 0. The van der Waals surface area contributed by atoms with Crippen molar-refractivity contribution in [2.24, 2.45) is 0 Å². The second-order valence-electron chi connectivity index (χ2n) is 5.17. The highest BCUT2D eigenvalue weighted by atomic mass is 19.2. The van der Waals surface area contributed by atoms with Crippen LogP contribution >= 0.6 is 0 Å². The Hall–Kier alpha value is -1.88. The van der Waals surface area contributed by atoms with E-state index in [9.17, 15) is 19.7 Å². The molecule has 3 rings (SSSR count). The van der Waals surface area contributed by atoms with E-state index >= 15 is 0 Å². The van der Waals surface area contributed by atoms with E-state index in [4.69, 9.17) is 10.5 Å². The topological polar surface area (TPSA) is 140 Å². The van der Waals surface area contributed by atoms with Gasteiger partial charge in [0.25, 0.3) is 5.85 Å². The number of nitrogens with zero attached hydrogens (tertiary/aromatic N) is 4. The molecule has 0 radical (unpaired) electrons. The van der Waals surface area contributed by atoms with Gasteiger partial charge in [0.05, 0.1) is 19.5 Å². The van der Waals surface area contributed by atoms with Gasteiger partial charge in [0.2, 0.25) is 5.72 Å². The molecule has 0 amide bonds. The van der Waals surface area contributed by atoms with Crippen LogP contribution in [0.2, 0.25) is 0 Å². The van der Waals surface area contributed by atoms with Gasteiger partial charge >= 0.3 is 0 Å². The Balaban J connectivity index is 2.27. The molecule has 2 aromatic heterocycles. The van der Waals surface area contributed by atoms with Crippen LogP contribution in [0, 0.1) is 0 Å². The first kappa shape index (κ1) is 14.1. The van der Waals surface area contributed by atoms with Crippen LogP contribution < -0.4 is 5.73 Å². The summed E-state index contributed by atoms with van der Waals surface area (Å²) >= 11 is 0. The van der Waals surface area contributed by atoms with Crippen LogP contribution in [0.25, 0.3) is 11.2 Å². The predicted molar refractivity (Wildman–Crippen MR) is 67.4 cm³/mol. The number of rotatable bonds is 2. The summed E-state index contributed by atoms with van der Waals surface area (Å²) in [5, 5.41) is 29.7. The van der Waals surface area contributed by atoms with Crippen molar-refractivity contribution < 1.29 is 24.4 Å². The first-order chi connectivity index (χ1) is 9.77. The summed E-state index contributed by atoms with van der Waals surface area (Å²) in [5.41, 5.74) is 1.36. The number of aliphatic hydroxyl groups is 3. The summed E-state index contributed by atoms with van der Waals surface area (Å²) in [6.45, 7) is -0.417. The largest absolute Gasteiger partial charge is 0.391 e. The number of hydrogen-bond acceptors (Lipinski definition) is 8. The SMILES string of the molecule is C[C@]1(O)CO[C@](CO)(n2cnc3c(N)ncnc32)[C@]1(O)F. The van der Waals surface area contributed by atoms with Gasteiger partial charge in [-0.1, -0.05) is 0 Å². The Morgan fingerprint density at radius 2 is 2.14 bits per heavy atom. The molecule has 10 heteroatoms. The van der Waals surface area contributed by atoms with Crippen molar-refractivity contribution in [3.8, 4) is 0 Å².